The molecule has 1 amide bonds. The molecule has 5 heteroatoms. The molecule has 2 fully saturated rings. The highest BCUT2D eigenvalue weighted by Gasteiger charge is 2.55. The maximum Gasteiger partial charge on any atom is 0.261 e. The Kier molecular flexibility index (Phi) is 6.42. The van der Waals surface area contributed by atoms with E-state index in [1.807, 2.05) is 32.1 Å². The van der Waals surface area contributed by atoms with Crippen molar-refractivity contribution in [2.75, 3.05) is 13.7 Å². The molecule has 0 aromatic heterocycles. The van der Waals surface area contributed by atoms with Crippen molar-refractivity contribution >= 4 is 11.7 Å². The van der Waals surface area contributed by atoms with Gasteiger partial charge in [0, 0.05) is 18.4 Å². The van der Waals surface area contributed by atoms with Gasteiger partial charge in [0.25, 0.3) is 5.91 Å². The van der Waals surface area contributed by atoms with Crippen LogP contribution >= 0.6 is 0 Å². The number of likely N-dealkylation sites (N-methyl/N-ethyl adjacent to an activating group) is 1. The number of aliphatic hydroxyl groups excluding tert-OH is 2. The van der Waals surface area contributed by atoms with Gasteiger partial charge in [0.2, 0.25) is 0 Å². The molecule has 6 atom stereocenters. The fourth-order valence-electron chi connectivity index (χ4n) is 5.92. The van der Waals surface area contributed by atoms with Crippen LogP contribution in [0.3, 0.4) is 0 Å². The Morgan fingerprint density at radius 1 is 1.30 bits per heavy atom. The molecule has 2 N–H and O–H groups in total. The second-order valence-electron chi connectivity index (χ2n) is 9.47. The number of allylic oxidation sites excluding steroid dienone is 7. The van der Waals surface area contributed by atoms with Crippen LogP contribution in [-0.4, -0.2) is 46.5 Å². The lowest BCUT2D eigenvalue weighted by Crippen LogP contribution is -2.46. The number of carbonyl (C=O) groups excluding carboxylic acids is 2. The number of hydrogen-bond donors (Lipinski definition) is 2. The van der Waals surface area contributed by atoms with Gasteiger partial charge in [0.15, 0.2) is 5.78 Å². The number of hydrogen-bond acceptors (Lipinski definition) is 4. The van der Waals surface area contributed by atoms with Gasteiger partial charge in [-0.2, -0.15) is 0 Å². The van der Waals surface area contributed by atoms with Crippen molar-refractivity contribution in [1.29, 1.82) is 0 Å². The molecule has 164 valence electrons. The van der Waals surface area contributed by atoms with Crippen LogP contribution in [0.15, 0.2) is 47.3 Å². The van der Waals surface area contributed by atoms with Crippen LogP contribution in [0.25, 0.3) is 0 Å². The van der Waals surface area contributed by atoms with Crippen molar-refractivity contribution in [3.05, 3.63) is 47.3 Å². The molecule has 5 nitrogen and oxygen atoms in total. The van der Waals surface area contributed by atoms with E-state index in [0.717, 1.165) is 24.8 Å². The molecule has 1 heterocycles. The summed E-state index contributed by atoms with van der Waals surface area (Å²) in [5.41, 5.74) is 0.259. The quantitative estimate of drug-likeness (QED) is 0.240. The van der Waals surface area contributed by atoms with Gasteiger partial charge < -0.3 is 15.1 Å². The van der Waals surface area contributed by atoms with E-state index in [2.05, 4.69) is 26.0 Å². The molecule has 1 saturated carbocycles. The van der Waals surface area contributed by atoms with Crippen LogP contribution in [-0.2, 0) is 9.59 Å². The van der Waals surface area contributed by atoms with Crippen molar-refractivity contribution in [2.24, 2.45) is 29.1 Å². The lowest BCUT2D eigenvalue weighted by molar-refractivity contribution is -0.126. The van der Waals surface area contributed by atoms with E-state index in [1.54, 1.807) is 0 Å². The lowest BCUT2D eigenvalue weighted by Gasteiger charge is -2.52. The Balaban J connectivity index is 2.19. The summed E-state index contributed by atoms with van der Waals surface area (Å²) in [6, 6.07) is -0.919. The van der Waals surface area contributed by atoms with Crippen molar-refractivity contribution in [3.8, 4) is 0 Å². The third kappa shape index (κ3) is 3.47. The first-order chi connectivity index (χ1) is 14.2. The van der Waals surface area contributed by atoms with Crippen LogP contribution in [0, 0.1) is 29.1 Å². The van der Waals surface area contributed by atoms with Crippen LogP contribution in [0.5, 0.6) is 0 Å². The maximum atomic E-state index is 13.0. The number of ketones is 1. The van der Waals surface area contributed by atoms with E-state index < -0.39 is 29.8 Å². The summed E-state index contributed by atoms with van der Waals surface area (Å²) in [7, 11) is 1.50. The zero-order chi connectivity index (χ0) is 22.2. The number of likely N-dealkylation sites (tertiary alicyclic amines) is 1. The van der Waals surface area contributed by atoms with E-state index in [0.29, 0.717) is 11.8 Å². The van der Waals surface area contributed by atoms with E-state index in [1.165, 1.54) is 11.9 Å². The largest absolute Gasteiger partial charge is 0.511 e. The van der Waals surface area contributed by atoms with Gasteiger partial charge in [-0.05, 0) is 44.4 Å². The summed E-state index contributed by atoms with van der Waals surface area (Å²) >= 11 is 0. The smallest absolute Gasteiger partial charge is 0.261 e. The molecule has 3 aliphatic rings. The van der Waals surface area contributed by atoms with Gasteiger partial charge >= 0.3 is 0 Å². The summed E-state index contributed by atoms with van der Waals surface area (Å²) in [4.78, 5) is 27.1. The van der Waals surface area contributed by atoms with E-state index >= 15 is 0 Å². The highest BCUT2D eigenvalue weighted by atomic mass is 16.3. The number of carbonyl (C=O) groups is 2. The summed E-state index contributed by atoms with van der Waals surface area (Å²) in [6.45, 7) is 7.86. The zero-order valence-electron chi connectivity index (χ0n) is 18.8. The Morgan fingerprint density at radius 3 is 2.60 bits per heavy atom. The summed E-state index contributed by atoms with van der Waals surface area (Å²) in [6.07, 6.45) is 13.4. The Labute approximate surface area is 179 Å². The number of rotatable bonds is 4. The van der Waals surface area contributed by atoms with Crippen molar-refractivity contribution in [3.63, 3.8) is 0 Å². The average Bonchev–Trinajstić information content (AvgIpc) is 2.91. The minimum atomic E-state index is -0.919. The van der Waals surface area contributed by atoms with E-state index in [9.17, 15) is 19.8 Å². The van der Waals surface area contributed by atoms with Crippen molar-refractivity contribution < 1.29 is 19.8 Å². The molecule has 3 rings (SSSR count). The number of aliphatic hydroxyl groups is 2. The van der Waals surface area contributed by atoms with Crippen molar-refractivity contribution in [1.82, 2.24) is 4.90 Å². The molecule has 0 bridgehead atoms. The Bertz CT molecular complexity index is 836. The predicted octanol–water partition coefficient (Wildman–Crippen LogP) is 3.97. The number of Topliss-reactive ketones (excluding diaryl/α,β-unsaturated/α-hetero) is 1. The molecule has 30 heavy (non-hydrogen) atoms. The SMILES string of the molecule is C/C=C/C=C/[C@H]1C(C)=C[C@H]2C[C@@H](C)CC[C@@H]2[C@@]1(C)/C(O)=C1\C(=O)[C@H](CO)N(C)C1=O. The molecule has 1 saturated heterocycles. The first-order valence-electron chi connectivity index (χ1n) is 11.0. The first-order valence-corrected chi connectivity index (χ1v) is 11.0. The Hall–Kier alpha value is -2.14. The highest BCUT2D eigenvalue weighted by Crippen LogP contribution is 2.58. The standard InChI is InChI=1S/C25H35NO4/c1-6-7-8-9-18-16(3)13-17-12-15(2)10-11-19(17)25(18,4)23(29)21-22(28)20(14-27)26(5)24(21)30/h6-9,13,15,17-20,27,29H,10-12,14H2,1-5H3/b7-6+,9-8+,23-21-/t15-,17+,18-,19-,20-,25-/m0/s1. The second kappa shape index (κ2) is 8.54. The minimum Gasteiger partial charge on any atom is -0.511 e. The molecule has 0 aromatic rings. The summed E-state index contributed by atoms with van der Waals surface area (Å²) in [5, 5.41) is 21.2. The highest BCUT2D eigenvalue weighted by molar-refractivity contribution is 6.26. The van der Waals surface area contributed by atoms with Gasteiger partial charge in [-0.15, -0.1) is 0 Å². The molecule has 0 aromatic carbocycles. The zero-order valence-corrected chi connectivity index (χ0v) is 18.8. The molecule has 0 spiro atoms. The number of fused-ring (bicyclic) bond motifs is 1. The van der Waals surface area contributed by atoms with E-state index in [-0.39, 0.29) is 23.2 Å². The average molecular weight is 414 g/mol. The molecular weight excluding hydrogens is 378 g/mol. The van der Waals surface area contributed by atoms with Crippen molar-refractivity contribution in [2.45, 2.75) is 53.0 Å². The predicted molar refractivity (Wildman–Crippen MR) is 118 cm³/mol. The molecule has 2 aliphatic carbocycles. The van der Waals surface area contributed by atoms with Gasteiger partial charge in [0.05, 0.1) is 6.61 Å². The van der Waals surface area contributed by atoms with Gasteiger partial charge in [0.1, 0.15) is 17.4 Å². The number of nitrogens with zero attached hydrogens (tertiary/aromatic N) is 1. The maximum absolute atomic E-state index is 13.0. The third-order valence-electron chi connectivity index (χ3n) is 7.62. The number of amides is 1. The van der Waals surface area contributed by atoms with E-state index in [4.69, 9.17) is 0 Å². The second-order valence-corrected chi connectivity index (χ2v) is 9.47. The minimum absolute atomic E-state index is 0.104. The Morgan fingerprint density at radius 2 is 2.00 bits per heavy atom. The molecule has 0 radical (unpaired) electrons. The van der Waals surface area contributed by atoms with Gasteiger partial charge in [-0.1, -0.05) is 56.2 Å². The third-order valence-corrected chi connectivity index (χ3v) is 7.62. The fourth-order valence-corrected chi connectivity index (χ4v) is 5.92. The fraction of sp³-hybridized carbons (Fsp3) is 0.600. The van der Waals surface area contributed by atoms with Crippen LogP contribution in [0.1, 0.15) is 47.0 Å². The summed E-state index contributed by atoms with van der Waals surface area (Å²) < 4.78 is 0. The van der Waals surface area contributed by atoms with Crippen LogP contribution < -0.4 is 0 Å². The summed E-state index contributed by atoms with van der Waals surface area (Å²) in [5.74, 6) is -0.128. The molecule has 1 aliphatic heterocycles. The lowest BCUT2D eigenvalue weighted by atomic mass is 9.52. The molecule has 0 unspecified atom stereocenters. The normalized spacial score (nSPS) is 39.1. The van der Waals surface area contributed by atoms with Gasteiger partial charge in [-0.3, -0.25) is 9.59 Å². The van der Waals surface area contributed by atoms with Crippen LogP contribution in [0.4, 0.5) is 0 Å². The van der Waals surface area contributed by atoms with Gasteiger partial charge in [-0.25, -0.2) is 0 Å². The monoisotopic (exact) mass is 413 g/mol. The molecular formula is C25H35NO4. The van der Waals surface area contributed by atoms with Crippen LogP contribution in [0.2, 0.25) is 0 Å². The first kappa shape index (κ1) is 22.5. The topological polar surface area (TPSA) is 77.8 Å².